The monoisotopic (exact) mass is 390 g/mol. The van der Waals surface area contributed by atoms with Crippen LogP contribution in [0.1, 0.15) is 16.8 Å². The molecule has 4 rings (SSSR count). The second-order valence-corrected chi connectivity index (χ2v) is 8.65. The molecule has 4 aromatic rings. The summed E-state index contributed by atoms with van der Waals surface area (Å²) in [5.74, 6) is 0. The first-order valence-corrected chi connectivity index (χ1v) is 10.7. The van der Waals surface area contributed by atoms with Gasteiger partial charge < -0.3 is 4.57 Å². The molecule has 0 amide bonds. The highest BCUT2D eigenvalue weighted by Crippen LogP contribution is 2.19. The van der Waals surface area contributed by atoms with Gasteiger partial charge in [0.15, 0.2) is 0 Å². The van der Waals surface area contributed by atoms with Crippen molar-refractivity contribution in [2.24, 2.45) is 0 Å². The van der Waals surface area contributed by atoms with Gasteiger partial charge in [-0.05, 0) is 53.1 Å². The molecule has 0 saturated carbocycles. The molecular weight excluding hydrogens is 368 g/mol. The molecule has 0 unspecified atom stereocenters. The maximum Gasteiger partial charge on any atom is 0.240 e. The first-order valence-electron chi connectivity index (χ1n) is 9.20. The molecule has 0 radical (unpaired) electrons. The Labute approximate surface area is 165 Å². The number of aromatic nitrogens is 1. The lowest BCUT2D eigenvalue weighted by atomic mass is 10.1. The molecule has 0 aliphatic rings. The summed E-state index contributed by atoms with van der Waals surface area (Å²) in [6, 6.07) is 25.0. The molecule has 0 atom stereocenters. The normalized spacial score (nSPS) is 11.8. The van der Waals surface area contributed by atoms with Crippen LogP contribution < -0.4 is 4.72 Å². The van der Waals surface area contributed by atoms with Crippen molar-refractivity contribution in [2.45, 2.75) is 24.9 Å². The molecule has 28 heavy (non-hydrogen) atoms. The summed E-state index contributed by atoms with van der Waals surface area (Å²) < 4.78 is 30.4. The molecule has 0 bridgehead atoms. The van der Waals surface area contributed by atoms with Gasteiger partial charge in [-0.15, -0.1) is 0 Å². The number of nitrogens with one attached hydrogen (secondary N) is 1. The fourth-order valence-electron chi connectivity index (χ4n) is 3.32. The van der Waals surface area contributed by atoms with Crippen LogP contribution in [0.25, 0.3) is 10.8 Å². The van der Waals surface area contributed by atoms with Crippen molar-refractivity contribution in [2.75, 3.05) is 0 Å². The zero-order chi connectivity index (χ0) is 19.6. The van der Waals surface area contributed by atoms with Crippen molar-refractivity contribution in [3.63, 3.8) is 0 Å². The van der Waals surface area contributed by atoms with Gasteiger partial charge in [0, 0.05) is 18.4 Å². The molecule has 0 aliphatic carbocycles. The van der Waals surface area contributed by atoms with E-state index >= 15 is 0 Å². The highest BCUT2D eigenvalue weighted by atomic mass is 32.2. The van der Waals surface area contributed by atoms with Gasteiger partial charge in [-0.3, -0.25) is 0 Å². The highest BCUT2D eigenvalue weighted by molar-refractivity contribution is 7.89. The topological polar surface area (TPSA) is 51.1 Å². The predicted octanol–water partition coefficient (Wildman–Crippen LogP) is 4.48. The second-order valence-electron chi connectivity index (χ2n) is 6.89. The zero-order valence-electron chi connectivity index (χ0n) is 15.7. The summed E-state index contributed by atoms with van der Waals surface area (Å²) in [6.45, 7) is 3.04. The van der Waals surface area contributed by atoms with Crippen molar-refractivity contribution >= 4 is 20.8 Å². The minimum Gasteiger partial charge on any atom is -0.346 e. The third kappa shape index (κ3) is 3.86. The third-order valence-electron chi connectivity index (χ3n) is 5.00. The fourth-order valence-corrected chi connectivity index (χ4v) is 4.36. The summed E-state index contributed by atoms with van der Waals surface area (Å²) >= 11 is 0. The first kappa shape index (κ1) is 18.5. The Morgan fingerprint density at radius 1 is 0.857 bits per heavy atom. The lowest BCUT2D eigenvalue weighted by molar-refractivity contribution is 0.578. The van der Waals surface area contributed by atoms with Crippen LogP contribution in [0.3, 0.4) is 0 Å². The molecule has 4 nitrogen and oxygen atoms in total. The molecule has 142 valence electrons. The Hall–Kier alpha value is -2.89. The van der Waals surface area contributed by atoms with Crippen LogP contribution in [0.2, 0.25) is 0 Å². The van der Waals surface area contributed by atoms with Gasteiger partial charge in [-0.2, -0.15) is 0 Å². The minimum atomic E-state index is -3.59. The lowest BCUT2D eigenvalue weighted by Gasteiger charge is -2.13. The average Bonchev–Trinajstić information content (AvgIpc) is 3.15. The fraction of sp³-hybridized carbons (Fsp3) is 0.130. The summed E-state index contributed by atoms with van der Waals surface area (Å²) in [5, 5.41) is 1.93. The van der Waals surface area contributed by atoms with E-state index in [1.807, 2.05) is 60.8 Å². The van der Waals surface area contributed by atoms with Crippen LogP contribution in [-0.2, 0) is 23.1 Å². The second kappa shape index (κ2) is 7.62. The summed E-state index contributed by atoms with van der Waals surface area (Å²) in [5.41, 5.74) is 3.36. The van der Waals surface area contributed by atoms with E-state index in [1.54, 1.807) is 12.1 Å². The first-order chi connectivity index (χ1) is 13.5. The predicted molar refractivity (Wildman–Crippen MR) is 113 cm³/mol. The number of benzene rings is 3. The van der Waals surface area contributed by atoms with E-state index in [0.717, 1.165) is 16.5 Å². The number of rotatable bonds is 6. The maximum absolute atomic E-state index is 12.8. The minimum absolute atomic E-state index is 0.244. The largest absolute Gasteiger partial charge is 0.346 e. The third-order valence-corrected chi connectivity index (χ3v) is 6.40. The van der Waals surface area contributed by atoms with E-state index in [9.17, 15) is 8.42 Å². The van der Waals surface area contributed by atoms with Gasteiger partial charge in [0.05, 0.1) is 11.4 Å². The number of hydrogen-bond acceptors (Lipinski definition) is 2. The molecule has 1 aromatic heterocycles. The van der Waals surface area contributed by atoms with E-state index < -0.39 is 10.0 Å². The van der Waals surface area contributed by atoms with Crippen LogP contribution in [-0.4, -0.2) is 13.0 Å². The van der Waals surface area contributed by atoms with Crippen molar-refractivity contribution in [1.29, 1.82) is 0 Å². The van der Waals surface area contributed by atoms with Crippen molar-refractivity contribution in [3.8, 4) is 0 Å². The van der Waals surface area contributed by atoms with Crippen LogP contribution >= 0.6 is 0 Å². The lowest BCUT2D eigenvalue weighted by Crippen LogP contribution is -2.24. The molecule has 5 heteroatoms. The molecular formula is C23H22N2O2S. The van der Waals surface area contributed by atoms with E-state index in [4.69, 9.17) is 0 Å². The summed E-state index contributed by atoms with van der Waals surface area (Å²) in [7, 11) is -3.59. The molecule has 1 heterocycles. The van der Waals surface area contributed by atoms with E-state index in [1.165, 1.54) is 11.1 Å². The van der Waals surface area contributed by atoms with Crippen LogP contribution in [0, 0.1) is 6.92 Å². The van der Waals surface area contributed by atoms with Gasteiger partial charge >= 0.3 is 0 Å². The van der Waals surface area contributed by atoms with Crippen LogP contribution in [0.15, 0.2) is 90.0 Å². The molecule has 0 saturated heterocycles. The van der Waals surface area contributed by atoms with Gasteiger partial charge in [0.2, 0.25) is 10.0 Å². The van der Waals surface area contributed by atoms with E-state index in [2.05, 4.69) is 28.3 Å². The van der Waals surface area contributed by atoms with Gasteiger partial charge in [0.1, 0.15) is 0 Å². The average molecular weight is 391 g/mol. The quantitative estimate of drug-likeness (QED) is 0.528. The van der Waals surface area contributed by atoms with Crippen LogP contribution in [0.5, 0.6) is 0 Å². The van der Waals surface area contributed by atoms with Crippen molar-refractivity contribution in [3.05, 3.63) is 102 Å². The Balaban J connectivity index is 1.52. The summed E-state index contributed by atoms with van der Waals surface area (Å²) in [6.07, 6.45) is 1.98. The van der Waals surface area contributed by atoms with E-state index in [-0.39, 0.29) is 11.4 Å². The smallest absolute Gasteiger partial charge is 0.240 e. The molecule has 0 aliphatic heterocycles. The molecule has 0 spiro atoms. The number of nitrogens with zero attached hydrogens (tertiary/aromatic N) is 1. The van der Waals surface area contributed by atoms with Crippen LogP contribution in [0.4, 0.5) is 0 Å². The Kier molecular flexibility index (Phi) is 5.03. The molecule has 0 fully saturated rings. The Morgan fingerprint density at radius 2 is 1.61 bits per heavy atom. The Morgan fingerprint density at radius 3 is 2.43 bits per heavy atom. The van der Waals surface area contributed by atoms with Crippen molar-refractivity contribution in [1.82, 2.24) is 9.29 Å². The standard InChI is InChI=1S/C23H22N2O2S/c1-18-7-2-3-10-21(18)17-25-14-6-11-22(25)16-24-28(26,27)23-13-12-19-8-4-5-9-20(19)15-23/h2-15,24H,16-17H2,1H3. The zero-order valence-corrected chi connectivity index (χ0v) is 16.5. The van der Waals surface area contributed by atoms with Crippen molar-refractivity contribution < 1.29 is 8.42 Å². The maximum atomic E-state index is 12.8. The number of hydrogen-bond donors (Lipinski definition) is 1. The van der Waals surface area contributed by atoms with Gasteiger partial charge in [-0.1, -0.05) is 54.6 Å². The Bertz CT molecular complexity index is 1230. The number of aryl methyl sites for hydroxylation is 1. The molecule has 1 N–H and O–H groups in total. The molecule has 3 aromatic carbocycles. The number of fused-ring (bicyclic) bond motifs is 1. The van der Waals surface area contributed by atoms with Gasteiger partial charge in [0.25, 0.3) is 0 Å². The summed E-state index contributed by atoms with van der Waals surface area (Å²) in [4.78, 5) is 0.281. The number of sulfonamides is 1. The van der Waals surface area contributed by atoms with Gasteiger partial charge in [-0.25, -0.2) is 13.1 Å². The van der Waals surface area contributed by atoms with E-state index in [0.29, 0.717) is 6.54 Å². The SMILES string of the molecule is Cc1ccccc1Cn1cccc1CNS(=O)(=O)c1ccc2ccccc2c1. The highest BCUT2D eigenvalue weighted by Gasteiger charge is 2.15.